The Bertz CT molecular complexity index is 879. The molecular formula is C21H30N4O2S2. The number of benzene rings is 1. The van der Waals surface area contributed by atoms with Crippen LogP contribution in [0.4, 0.5) is 5.13 Å². The Balaban J connectivity index is 1.26. The first-order chi connectivity index (χ1) is 14.1. The normalized spacial score (nSPS) is 21.0. The summed E-state index contributed by atoms with van der Waals surface area (Å²) in [4.78, 5) is 10.7. The number of nitrogens with zero attached hydrogens (tertiary/aromatic N) is 3. The fourth-order valence-corrected chi connectivity index (χ4v) is 6.42. The van der Waals surface area contributed by atoms with Crippen molar-refractivity contribution >= 4 is 26.5 Å². The van der Waals surface area contributed by atoms with Gasteiger partial charge in [0, 0.05) is 43.8 Å². The maximum Gasteiger partial charge on any atom is 0.215 e. The smallest absolute Gasteiger partial charge is 0.215 e. The molecule has 158 valence electrons. The van der Waals surface area contributed by atoms with Gasteiger partial charge in [-0.2, -0.15) is 0 Å². The van der Waals surface area contributed by atoms with Gasteiger partial charge in [-0.15, -0.1) is 11.3 Å². The second-order valence-corrected chi connectivity index (χ2v) is 11.0. The maximum atomic E-state index is 12.4. The highest BCUT2D eigenvalue weighted by Gasteiger charge is 2.23. The average molecular weight is 435 g/mol. The Hall–Kier alpha value is -1.48. The summed E-state index contributed by atoms with van der Waals surface area (Å²) in [5.41, 5.74) is 0.823. The van der Waals surface area contributed by atoms with E-state index in [9.17, 15) is 8.42 Å². The molecule has 3 heterocycles. The van der Waals surface area contributed by atoms with Crippen molar-refractivity contribution in [3.8, 4) is 0 Å². The zero-order valence-electron chi connectivity index (χ0n) is 16.8. The van der Waals surface area contributed by atoms with Crippen LogP contribution in [0.25, 0.3) is 0 Å². The number of sulfonamides is 1. The molecule has 0 radical (unpaired) electrons. The lowest BCUT2D eigenvalue weighted by Gasteiger charge is -2.32. The minimum atomic E-state index is -3.30. The minimum Gasteiger partial charge on any atom is -0.348 e. The van der Waals surface area contributed by atoms with E-state index < -0.39 is 10.0 Å². The lowest BCUT2D eigenvalue weighted by molar-refractivity contribution is 0.170. The first-order valence-electron chi connectivity index (χ1n) is 10.5. The number of piperidine rings is 1. The highest BCUT2D eigenvalue weighted by Crippen LogP contribution is 2.27. The molecule has 1 atom stereocenters. The van der Waals surface area contributed by atoms with E-state index in [1.54, 1.807) is 11.3 Å². The standard InChI is InChI=1S/C21H30N4O2S2/c26-29(27,17-18-7-2-1-3-8-18)23-13-19-9-6-10-24(15-19)16-20-14-22-21(28-20)25-11-4-5-12-25/h1-3,7-8,14,19,23H,4-6,9-13,15-17H2. The molecule has 0 saturated carbocycles. The van der Waals surface area contributed by atoms with Crippen molar-refractivity contribution in [3.63, 3.8) is 0 Å². The number of hydrogen-bond acceptors (Lipinski definition) is 6. The summed E-state index contributed by atoms with van der Waals surface area (Å²) in [6.45, 7) is 5.70. The lowest BCUT2D eigenvalue weighted by Crippen LogP contribution is -2.40. The molecule has 8 heteroatoms. The van der Waals surface area contributed by atoms with E-state index in [1.807, 2.05) is 36.5 Å². The summed E-state index contributed by atoms with van der Waals surface area (Å²) >= 11 is 1.81. The zero-order chi connectivity index (χ0) is 20.1. The molecule has 1 aromatic heterocycles. The maximum absolute atomic E-state index is 12.4. The van der Waals surface area contributed by atoms with Gasteiger partial charge in [0.25, 0.3) is 0 Å². The molecule has 1 unspecified atom stereocenters. The molecule has 0 amide bonds. The molecule has 0 aliphatic carbocycles. The number of rotatable bonds is 8. The van der Waals surface area contributed by atoms with Crippen molar-refractivity contribution in [2.75, 3.05) is 37.6 Å². The van der Waals surface area contributed by atoms with Crippen LogP contribution in [-0.4, -0.2) is 51.0 Å². The van der Waals surface area contributed by atoms with Crippen LogP contribution in [0.1, 0.15) is 36.1 Å². The molecule has 1 aromatic carbocycles. The predicted molar refractivity (Wildman–Crippen MR) is 119 cm³/mol. The van der Waals surface area contributed by atoms with Gasteiger partial charge in [-0.1, -0.05) is 30.3 Å². The highest BCUT2D eigenvalue weighted by molar-refractivity contribution is 7.88. The van der Waals surface area contributed by atoms with Crippen LogP contribution in [0.5, 0.6) is 0 Å². The fourth-order valence-electron chi connectivity index (χ4n) is 4.20. The Morgan fingerprint density at radius 1 is 1.10 bits per heavy atom. The summed E-state index contributed by atoms with van der Waals surface area (Å²) in [6, 6.07) is 9.36. The lowest BCUT2D eigenvalue weighted by atomic mass is 9.98. The first kappa shape index (κ1) is 20.8. The topological polar surface area (TPSA) is 65.5 Å². The quantitative estimate of drug-likeness (QED) is 0.692. The van der Waals surface area contributed by atoms with E-state index in [-0.39, 0.29) is 5.75 Å². The molecule has 2 aliphatic heterocycles. The van der Waals surface area contributed by atoms with Gasteiger partial charge in [-0.25, -0.2) is 18.1 Å². The summed E-state index contributed by atoms with van der Waals surface area (Å²) < 4.78 is 27.6. The van der Waals surface area contributed by atoms with E-state index in [4.69, 9.17) is 0 Å². The molecule has 2 aromatic rings. The Morgan fingerprint density at radius 2 is 1.90 bits per heavy atom. The number of likely N-dealkylation sites (tertiary alicyclic amines) is 1. The third-order valence-electron chi connectivity index (χ3n) is 5.69. The molecule has 0 bridgehead atoms. The third-order valence-corrected chi connectivity index (χ3v) is 8.05. The number of hydrogen-bond donors (Lipinski definition) is 1. The third kappa shape index (κ3) is 6.01. The van der Waals surface area contributed by atoms with E-state index in [2.05, 4.69) is 19.5 Å². The summed E-state index contributed by atoms with van der Waals surface area (Å²) in [7, 11) is -3.30. The van der Waals surface area contributed by atoms with E-state index >= 15 is 0 Å². The molecule has 2 aliphatic rings. The SMILES string of the molecule is O=S(=O)(Cc1ccccc1)NCC1CCCN(Cc2cnc(N3CCCC3)s2)C1. The van der Waals surface area contributed by atoms with E-state index in [0.29, 0.717) is 12.5 Å². The van der Waals surface area contributed by atoms with Crippen LogP contribution in [0, 0.1) is 5.92 Å². The van der Waals surface area contributed by atoms with Crippen molar-refractivity contribution in [2.24, 2.45) is 5.92 Å². The first-order valence-corrected chi connectivity index (χ1v) is 13.0. The van der Waals surface area contributed by atoms with Crippen LogP contribution in [0.15, 0.2) is 36.5 Å². The van der Waals surface area contributed by atoms with Crippen molar-refractivity contribution in [2.45, 2.75) is 38.0 Å². The van der Waals surface area contributed by atoms with E-state index in [1.165, 1.54) is 17.7 Å². The van der Waals surface area contributed by atoms with Gasteiger partial charge in [0.15, 0.2) is 5.13 Å². The van der Waals surface area contributed by atoms with Crippen molar-refractivity contribution in [1.82, 2.24) is 14.6 Å². The second kappa shape index (κ2) is 9.55. The van der Waals surface area contributed by atoms with Crippen LogP contribution < -0.4 is 9.62 Å². The van der Waals surface area contributed by atoms with Gasteiger partial charge < -0.3 is 4.90 Å². The van der Waals surface area contributed by atoms with Crippen LogP contribution in [0.3, 0.4) is 0 Å². The fraction of sp³-hybridized carbons (Fsp3) is 0.571. The molecule has 0 spiro atoms. The van der Waals surface area contributed by atoms with Crippen molar-refractivity contribution in [1.29, 1.82) is 0 Å². The number of aromatic nitrogens is 1. The summed E-state index contributed by atoms with van der Waals surface area (Å²) in [5.74, 6) is 0.407. The average Bonchev–Trinajstić information content (AvgIpc) is 3.39. The number of thiazole rings is 1. The molecule has 29 heavy (non-hydrogen) atoms. The highest BCUT2D eigenvalue weighted by atomic mass is 32.2. The monoisotopic (exact) mass is 434 g/mol. The Labute approximate surface area is 178 Å². The van der Waals surface area contributed by atoms with Gasteiger partial charge in [0.2, 0.25) is 10.0 Å². The minimum absolute atomic E-state index is 0.0460. The van der Waals surface area contributed by atoms with Crippen LogP contribution in [-0.2, 0) is 22.3 Å². The number of anilines is 1. The molecule has 2 fully saturated rings. The van der Waals surface area contributed by atoms with Crippen molar-refractivity contribution < 1.29 is 8.42 Å². The largest absolute Gasteiger partial charge is 0.348 e. The van der Waals surface area contributed by atoms with Gasteiger partial charge in [0.1, 0.15) is 0 Å². The van der Waals surface area contributed by atoms with Crippen LogP contribution in [0.2, 0.25) is 0 Å². The van der Waals surface area contributed by atoms with Gasteiger partial charge in [-0.05, 0) is 43.7 Å². The molecule has 6 nitrogen and oxygen atoms in total. The molecule has 2 saturated heterocycles. The molecular weight excluding hydrogens is 404 g/mol. The molecule has 1 N–H and O–H groups in total. The molecule has 4 rings (SSSR count). The van der Waals surface area contributed by atoms with Crippen molar-refractivity contribution in [3.05, 3.63) is 47.0 Å². The van der Waals surface area contributed by atoms with Crippen LogP contribution >= 0.6 is 11.3 Å². The Morgan fingerprint density at radius 3 is 2.69 bits per heavy atom. The predicted octanol–water partition coefficient (Wildman–Crippen LogP) is 3.07. The summed E-state index contributed by atoms with van der Waals surface area (Å²) in [5, 5.41) is 1.15. The van der Waals surface area contributed by atoms with E-state index in [0.717, 1.165) is 56.3 Å². The zero-order valence-corrected chi connectivity index (χ0v) is 18.4. The van der Waals surface area contributed by atoms with Gasteiger partial charge >= 0.3 is 0 Å². The summed E-state index contributed by atoms with van der Waals surface area (Å²) in [6.07, 6.45) is 6.74. The second-order valence-electron chi connectivity index (χ2n) is 8.14. The van der Waals surface area contributed by atoms with Gasteiger partial charge in [0.05, 0.1) is 5.75 Å². The Kier molecular flexibility index (Phi) is 6.85. The van der Waals surface area contributed by atoms with Gasteiger partial charge in [-0.3, -0.25) is 4.90 Å². The number of nitrogens with one attached hydrogen (secondary N) is 1.